The van der Waals surface area contributed by atoms with Crippen molar-refractivity contribution in [3.8, 4) is 5.75 Å². The smallest absolute Gasteiger partial charge is 0.346 e. The molecule has 2 N–H and O–H groups in total. The first-order valence-corrected chi connectivity index (χ1v) is 5.69. The van der Waals surface area contributed by atoms with Gasteiger partial charge in [-0.2, -0.15) is 0 Å². The van der Waals surface area contributed by atoms with E-state index in [1.165, 1.54) is 0 Å². The molecule has 4 heteroatoms. The van der Waals surface area contributed by atoms with Crippen LogP contribution in [0.2, 0.25) is 0 Å². The zero-order valence-corrected chi connectivity index (χ0v) is 10.4. The van der Waals surface area contributed by atoms with Crippen molar-refractivity contribution < 1.29 is 14.6 Å². The molecule has 0 saturated heterocycles. The number of benzene rings is 1. The van der Waals surface area contributed by atoms with Crippen molar-refractivity contribution in [3.05, 3.63) is 29.8 Å². The minimum absolute atomic E-state index is 0.234. The molecule has 0 bridgehead atoms. The van der Waals surface area contributed by atoms with Crippen LogP contribution in [0.15, 0.2) is 24.3 Å². The summed E-state index contributed by atoms with van der Waals surface area (Å²) in [5.74, 6) is -0.341. The van der Waals surface area contributed by atoms with Gasteiger partial charge in [-0.05, 0) is 18.6 Å². The molecule has 1 unspecified atom stereocenters. The Morgan fingerprint density at radius 1 is 1.41 bits per heavy atom. The Morgan fingerprint density at radius 3 is 2.59 bits per heavy atom. The minimum atomic E-state index is -0.957. The molecule has 17 heavy (non-hydrogen) atoms. The minimum Gasteiger partial charge on any atom is -0.478 e. The van der Waals surface area contributed by atoms with E-state index < -0.39 is 12.1 Å². The molecular weight excluding hydrogens is 218 g/mol. The van der Waals surface area contributed by atoms with Gasteiger partial charge in [-0.3, -0.25) is 0 Å². The molecule has 0 aliphatic rings. The summed E-state index contributed by atoms with van der Waals surface area (Å²) in [5, 5.41) is 12.1. The third-order valence-electron chi connectivity index (χ3n) is 2.35. The summed E-state index contributed by atoms with van der Waals surface area (Å²) in [6.45, 7) is 6.12. The first-order valence-electron chi connectivity index (χ1n) is 5.69. The van der Waals surface area contributed by atoms with E-state index in [0.717, 1.165) is 5.56 Å². The van der Waals surface area contributed by atoms with Gasteiger partial charge in [0.2, 0.25) is 6.10 Å². The summed E-state index contributed by atoms with van der Waals surface area (Å²) in [7, 11) is 0. The molecule has 1 aromatic rings. The third kappa shape index (κ3) is 4.44. The van der Waals surface area contributed by atoms with Crippen LogP contribution >= 0.6 is 0 Å². The van der Waals surface area contributed by atoms with Gasteiger partial charge in [-0.15, -0.1) is 0 Å². The number of aryl methyl sites for hydroxylation is 1. The average Bonchev–Trinajstić information content (AvgIpc) is 2.25. The lowest BCUT2D eigenvalue weighted by molar-refractivity contribution is -0.144. The van der Waals surface area contributed by atoms with Crippen molar-refractivity contribution in [1.82, 2.24) is 5.32 Å². The van der Waals surface area contributed by atoms with Gasteiger partial charge in [-0.25, -0.2) is 4.79 Å². The summed E-state index contributed by atoms with van der Waals surface area (Å²) in [6, 6.07) is 7.63. The number of carboxylic acid groups (broad SMARTS) is 1. The fraction of sp³-hybridized carbons (Fsp3) is 0.462. The second-order valence-electron chi connectivity index (χ2n) is 4.27. The van der Waals surface area contributed by atoms with Gasteiger partial charge in [0.1, 0.15) is 5.75 Å². The molecule has 0 radical (unpaired) electrons. The molecule has 0 fully saturated rings. The molecule has 4 nitrogen and oxygen atoms in total. The predicted molar refractivity (Wildman–Crippen MR) is 66.4 cm³/mol. The molecule has 0 saturated carbocycles. The van der Waals surface area contributed by atoms with Gasteiger partial charge in [0.05, 0.1) is 0 Å². The first-order chi connectivity index (χ1) is 8.00. The summed E-state index contributed by atoms with van der Waals surface area (Å²) in [5.41, 5.74) is 0.934. The van der Waals surface area contributed by atoms with Crippen LogP contribution in [0.5, 0.6) is 5.75 Å². The third-order valence-corrected chi connectivity index (χ3v) is 2.35. The van der Waals surface area contributed by atoms with Crippen LogP contribution in [-0.4, -0.2) is 29.8 Å². The zero-order valence-electron chi connectivity index (χ0n) is 10.4. The molecule has 1 rings (SSSR count). The number of ether oxygens (including phenoxy) is 1. The quantitative estimate of drug-likeness (QED) is 0.792. The van der Waals surface area contributed by atoms with Gasteiger partial charge in [0, 0.05) is 12.6 Å². The van der Waals surface area contributed by atoms with Crippen molar-refractivity contribution in [3.63, 3.8) is 0 Å². The summed E-state index contributed by atoms with van der Waals surface area (Å²) >= 11 is 0. The van der Waals surface area contributed by atoms with E-state index in [2.05, 4.69) is 5.32 Å². The van der Waals surface area contributed by atoms with Crippen LogP contribution < -0.4 is 10.1 Å². The summed E-state index contributed by atoms with van der Waals surface area (Å²) in [4.78, 5) is 11.1. The highest BCUT2D eigenvalue weighted by molar-refractivity contribution is 5.73. The number of nitrogens with one attached hydrogen (secondary N) is 1. The van der Waals surface area contributed by atoms with Crippen LogP contribution in [0.25, 0.3) is 0 Å². The second kappa shape index (κ2) is 6.25. The van der Waals surface area contributed by atoms with Crippen molar-refractivity contribution in [2.24, 2.45) is 0 Å². The number of aliphatic carboxylic acids is 1. The van der Waals surface area contributed by atoms with Gasteiger partial charge < -0.3 is 15.2 Å². The van der Waals surface area contributed by atoms with Gasteiger partial charge >= 0.3 is 5.97 Å². The number of para-hydroxylation sites is 1. The topological polar surface area (TPSA) is 58.6 Å². The molecule has 0 spiro atoms. The predicted octanol–water partition coefficient (Wildman–Crippen LogP) is 1.83. The Labute approximate surface area is 102 Å². The maximum absolute atomic E-state index is 11.1. The van der Waals surface area contributed by atoms with E-state index in [1.807, 2.05) is 39.0 Å². The summed E-state index contributed by atoms with van der Waals surface area (Å²) < 4.78 is 5.50. The first kappa shape index (κ1) is 13.5. The van der Waals surface area contributed by atoms with Gasteiger partial charge in [0.15, 0.2) is 0 Å². The largest absolute Gasteiger partial charge is 0.478 e. The monoisotopic (exact) mass is 237 g/mol. The SMILES string of the molecule is Cc1ccccc1OC(CNC(C)C)C(=O)O. The lowest BCUT2D eigenvalue weighted by Gasteiger charge is -2.18. The van der Waals surface area contributed by atoms with Crippen LogP contribution in [0.1, 0.15) is 19.4 Å². The standard InChI is InChI=1S/C13H19NO3/c1-9(2)14-8-12(13(15)16)17-11-7-5-4-6-10(11)3/h4-7,9,12,14H,8H2,1-3H3,(H,15,16). The van der Waals surface area contributed by atoms with Gasteiger partial charge in [0.25, 0.3) is 0 Å². The van der Waals surface area contributed by atoms with Crippen molar-refractivity contribution >= 4 is 5.97 Å². The molecule has 1 aromatic carbocycles. The molecule has 0 amide bonds. The Kier molecular flexibility index (Phi) is 4.97. The molecule has 1 atom stereocenters. The maximum Gasteiger partial charge on any atom is 0.346 e. The van der Waals surface area contributed by atoms with E-state index in [4.69, 9.17) is 9.84 Å². The molecule has 0 aliphatic carbocycles. The van der Waals surface area contributed by atoms with Crippen LogP contribution in [0, 0.1) is 6.92 Å². The molecule has 0 aromatic heterocycles. The van der Waals surface area contributed by atoms with Crippen LogP contribution in [0.4, 0.5) is 0 Å². The Balaban J connectivity index is 2.67. The molecule has 0 heterocycles. The normalized spacial score (nSPS) is 12.5. The van der Waals surface area contributed by atoms with Crippen LogP contribution in [-0.2, 0) is 4.79 Å². The number of hydrogen-bond donors (Lipinski definition) is 2. The lowest BCUT2D eigenvalue weighted by Crippen LogP contribution is -2.40. The fourth-order valence-corrected chi connectivity index (χ4v) is 1.36. The Morgan fingerprint density at radius 2 is 2.06 bits per heavy atom. The van der Waals surface area contributed by atoms with E-state index in [1.54, 1.807) is 6.07 Å². The highest BCUT2D eigenvalue weighted by Gasteiger charge is 2.19. The van der Waals surface area contributed by atoms with Crippen molar-refractivity contribution in [2.45, 2.75) is 32.9 Å². The van der Waals surface area contributed by atoms with Crippen molar-refractivity contribution in [1.29, 1.82) is 0 Å². The zero-order chi connectivity index (χ0) is 12.8. The lowest BCUT2D eigenvalue weighted by atomic mass is 10.2. The van der Waals surface area contributed by atoms with E-state index >= 15 is 0 Å². The number of rotatable bonds is 6. The molecule has 0 aliphatic heterocycles. The maximum atomic E-state index is 11.1. The highest BCUT2D eigenvalue weighted by Crippen LogP contribution is 2.17. The van der Waals surface area contributed by atoms with E-state index in [-0.39, 0.29) is 6.04 Å². The Hall–Kier alpha value is -1.55. The number of carboxylic acids is 1. The Bertz CT molecular complexity index is 377. The second-order valence-corrected chi connectivity index (χ2v) is 4.27. The van der Waals surface area contributed by atoms with Crippen molar-refractivity contribution in [2.75, 3.05) is 6.54 Å². The average molecular weight is 237 g/mol. The summed E-state index contributed by atoms with van der Waals surface area (Å²) in [6.07, 6.45) is -0.863. The molecule has 94 valence electrons. The molecular formula is C13H19NO3. The fourth-order valence-electron chi connectivity index (χ4n) is 1.36. The van der Waals surface area contributed by atoms with E-state index in [0.29, 0.717) is 12.3 Å². The number of carbonyl (C=O) groups is 1. The van der Waals surface area contributed by atoms with Crippen LogP contribution in [0.3, 0.4) is 0 Å². The van der Waals surface area contributed by atoms with Gasteiger partial charge in [-0.1, -0.05) is 32.0 Å². The van der Waals surface area contributed by atoms with E-state index in [9.17, 15) is 4.79 Å². The number of hydrogen-bond acceptors (Lipinski definition) is 3. The highest BCUT2D eigenvalue weighted by atomic mass is 16.5.